The van der Waals surface area contributed by atoms with Gasteiger partial charge in [0.1, 0.15) is 5.82 Å². The third kappa shape index (κ3) is 1.82. The summed E-state index contributed by atoms with van der Waals surface area (Å²) in [6.07, 6.45) is 3.16. The molecule has 7 nitrogen and oxygen atoms in total. The van der Waals surface area contributed by atoms with Crippen LogP contribution in [-0.2, 0) is 10.0 Å². The van der Waals surface area contributed by atoms with Crippen molar-refractivity contribution in [3.05, 3.63) is 36.0 Å². The number of rotatable bonds is 3. The quantitative estimate of drug-likeness (QED) is 0.784. The predicted octanol–water partition coefficient (Wildman–Crippen LogP) is 1.20. The molecule has 104 valence electrons. The van der Waals surface area contributed by atoms with Gasteiger partial charge in [0.25, 0.3) is 10.0 Å². The van der Waals surface area contributed by atoms with E-state index in [1.807, 2.05) is 0 Å². The number of imidazole rings is 1. The van der Waals surface area contributed by atoms with Crippen LogP contribution < -0.4 is 10.0 Å². The summed E-state index contributed by atoms with van der Waals surface area (Å²) in [6, 6.07) is 5.04. The van der Waals surface area contributed by atoms with E-state index >= 15 is 0 Å². The number of pyridine rings is 1. The average molecular weight is 309 g/mol. The summed E-state index contributed by atoms with van der Waals surface area (Å²) in [7, 11) is -2.39. The summed E-state index contributed by atoms with van der Waals surface area (Å²) < 4.78 is 27.9. The van der Waals surface area contributed by atoms with Crippen LogP contribution in [0, 0.1) is 0 Å². The highest BCUT2D eigenvalue weighted by Gasteiger charge is 2.29. The number of fused-ring (bicyclic) bond motifs is 1. The lowest BCUT2D eigenvalue weighted by molar-refractivity contribution is 0.590. The SMILES string of the molecule is CN(c1ccccn1)S(=O)(=O)c1c(N)nc2sccn12. The topological polar surface area (TPSA) is 93.6 Å². The van der Waals surface area contributed by atoms with Gasteiger partial charge in [-0.2, -0.15) is 8.42 Å². The van der Waals surface area contributed by atoms with Gasteiger partial charge in [0, 0.05) is 24.8 Å². The molecule has 20 heavy (non-hydrogen) atoms. The van der Waals surface area contributed by atoms with Gasteiger partial charge in [0.2, 0.25) is 5.03 Å². The Morgan fingerprint density at radius 3 is 2.90 bits per heavy atom. The molecule has 0 aliphatic rings. The summed E-state index contributed by atoms with van der Waals surface area (Å²) in [4.78, 5) is 8.62. The van der Waals surface area contributed by atoms with Crippen LogP contribution in [-0.4, -0.2) is 29.8 Å². The van der Waals surface area contributed by atoms with Crippen LogP contribution >= 0.6 is 11.3 Å². The van der Waals surface area contributed by atoms with Crippen LogP contribution in [0.2, 0.25) is 0 Å². The maximum absolute atomic E-state index is 12.7. The van der Waals surface area contributed by atoms with Crippen molar-refractivity contribution in [1.29, 1.82) is 0 Å². The second-order valence-electron chi connectivity index (χ2n) is 4.02. The Morgan fingerprint density at radius 2 is 2.20 bits per heavy atom. The van der Waals surface area contributed by atoms with Gasteiger partial charge in [-0.15, -0.1) is 11.3 Å². The van der Waals surface area contributed by atoms with Gasteiger partial charge in [-0.25, -0.2) is 9.97 Å². The van der Waals surface area contributed by atoms with Crippen LogP contribution in [0.4, 0.5) is 11.6 Å². The van der Waals surface area contributed by atoms with Crippen LogP contribution in [0.5, 0.6) is 0 Å². The van der Waals surface area contributed by atoms with Crippen LogP contribution in [0.1, 0.15) is 0 Å². The molecule has 9 heteroatoms. The Labute approximate surface area is 119 Å². The molecule has 3 rings (SSSR count). The van der Waals surface area contributed by atoms with Gasteiger partial charge in [-0.3, -0.25) is 8.71 Å². The zero-order chi connectivity index (χ0) is 14.3. The van der Waals surface area contributed by atoms with E-state index in [4.69, 9.17) is 5.73 Å². The minimum atomic E-state index is -3.82. The number of nitrogen functional groups attached to an aromatic ring is 1. The number of hydrogen-bond acceptors (Lipinski definition) is 6. The molecule has 2 N–H and O–H groups in total. The predicted molar refractivity (Wildman–Crippen MR) is 77.3 cm³/mol. The van der Waals surface area contributed by atoms with Crippen molar-refractivity contribution in [1.82, 2.24) is 14.4 Å². The minimum absolute atomic E-state index is 0.0142. The summed E-state index contributed by atoms with van der Waals surface area (Å²) in [5, 5.41) is 1.71. The third-order valence-corrected chi connectivity index (χ3v) is 5.38. The number of aromatic nitrogens is 3. The van der Waals surface area contributed by atoms with E-state index in [1.165, 1.54) is 29.0 Å². The Balaban J connectivity index is 2.17. The molecule has 0 atom stereocenters. The smallest absolute Gasteiger partial charge is 0.285 e. The number of hydrogen-bond donors (Lipinski definition) is 1. The molecule has 0 bridgehead atoms. The van der Waals surface area contributed by atoms with E-state index in [2.05, 4.69) is 9.97 Å². The molecule has 0 radical (unpaired) electrons. The minimum Gasteiger partial charge on any atom is -0.381 e. The molecule has 0 amide bonds. The fourth-order valence-corrected chi connectivity index (χ4v) is 3.93. The van der Waals surface area contributed by atoms with E-state index in [-0.39, 0.29) is 10.8 Å². The molecule has 0 fully saturated rings. The van der Waals surface area contributed by atoms with Gasteiger partial charge >= 0.3 is 0 Å². The van der Waals surface area contributed by atoms with Crippen LogP contribution in [0.15, 0.2) is 41.0 Å². The first-order valence-corrected chi connectivity index (χ1v) is 7.95. The highest BCUT2D eigenvalue weighted by Crippen LogP contribution is 2.27. The number of nitrogens with zero attached hydrogens (tertiary/aromatic N) is 4. The molecule has 0 aromatic carbocycles. The van der Waals surface area contributed by atoms with Crippen molar-refractivity contribution in [2.45, 2.75) is 5.03 Å². The number of nitrogens with two attached hydrogens (primary N) is 1. The first-order valence-electron chi connectivity index (χ1n) is 5.63. The second-order valence-corrected chi connectivity index (χ2v) is 6.78. The Kier molecular flexibility index (Phi) is 2.87. The van der Waals surface area contributed by atoms with Gasteiger partial charge in [0.15, 0.2) is 10.8 Å². The standard InChI is InChI=1S/C11H11N5O2S2/c1-15(8-4-2-3-5-13-8)20(17,18)10-9(12)14-11-16(10)6-7-19-11/h2-7H,12H2,1H3. The highest BCUT2D eigenvalue weighted by atomic mass is 32.2. The maximum Gasteiger partial charge on any atom is 0.285 e. The summed E-state index contributed by atoms with van der Waals surface area (Å²) in [5.74, 6) is 0.303. The van der Waals surface area contributed by atoms with E-state index < -0.39 is 10.0 Å². The second kappa shape index (κ2) is 4.46. The molecule has 0 spiro atoms. The van der Waals surface area contributed by atoms with Gasteiger partial charge in [-0.05, 0) is 12.1 Å². The molecule has 0 saturated carbocycles. The van der Waals surface area contributed by atoms with Gasteiger partial charge in [-0.1, -0.05) is 6.07 Å². The van der Waals surface area contributed by atoms with Crippen LogP contribution in [0.3, 0.4) is 0 Å². The summed E-state index contributed by atoms with van der Waals surface area (Å²) >= 11 is 1.32. The largest absolute Gasteiger partial charge is 0.381 e. The molecule has 3 aromatic heterocycles. The molecular weight excluding hydrogens is 298 g/mol. The molecule has 0 unspecified atom stereocenters. The third-order valence-electron chi connectivity index (χ3n) is 2.82. The van der Waals surface area contributed by atoms with Crippen molar-refractivity contribution in [2.75, 3.05) is 17.1 Å². The lowest BCUT2D eigenvalue weighted by atomic mass is 10.5. The molecule has 0 aliphatic heterocycles. The first-order chi connectivity index (χ1) is 9.51. The maximum atomic E-state index is 12.7. The number of anilines is 2. The average Bonchev–Trinajstić information content (AvgIpc) is 2.98. The van der Waals surface area contributed by atoms with Crippen molar-refractivity contribution in [2.24, 2.45) is 0 Å². The summed E-state index contributed by atoms with van der Waals surface area (Å²) in [6.45, 7) is 0. The molecule has 0 saturated heterocycles. The van der Waals surface area contributed by atoms with E-state index in [9.17, 15) is 8.42 Å². The normalized spacial score (nSPS) is 11.8. The van der Waals surface area contributed by atoms with E-state index in [0.717, 1.165) is 4.31 Å². The number of sulfonamides is 1. The monoisotopic (exact) mass is 309 g/mol. The molecule has 3 aromatic rings. The zero-order valence-corrected chi connectivity index (χ0v) is 12.1. The number of thiazole rings is 1. The fourth-order valence-electron chi connectivity index (χ4n) is 1.83. The highest BCUT2D eigenvalue weighted by molar-refractivity contribution is 7.92. The van der Waals surface area contributed by atoms with Gasteiger partial charge < -0.3 is 5.73 Å². The first kappa shape index (κ1) is 12.9. The van der Waals surface area contributed by atoms with Crippen molar-refractivity contribution in [3.63, 3.8) is 0 Å². The van der Waals surface area contributed by atoms with E-state index in [0.29, 0.717) is 10.8 Å². The summed E-state index contributed by atoms with van der Waals surface area (Å²) in [5.41, 5.74) is 5.75. The lowest BCUT2D eigenvalue weighted by Crippen LogP contribution is -2.28. The van der Waals surface area contributed by atoms with Crippen molar-refractivity contribution < 1.29 is 8.42 Å². The van der Waals surface area contributed by atoms with Crippen LogP contribution in [0.25, 0.3) is 4.96 Å². The van der Waals surface area contributed by atoms with E-state index in [1.54, 1.807) is 29.8 Å². The van der Waals surface area contributed by atoms with Gasteiger partial charge in [0.05, 0.1) is 0 Å². The Hall–Kier alpha value is -2.13. The lowest BCUT2D eigenvalue weighted by Gasteiger charge is -2.17. The fraction of sp³-hybridized carbons (Fsp3) is 0.0909. The Morgan fingerprint density at radius 1 is 1.40 bits per heavy atom. The van der Waals surface area contributed by atoms with Crippen molar-refractivity contribution >= 4 is 38.0 Å². The van der Waals surface area contributed by atoms with Crippen molar-refractivity contribution in [3.8, 4) is 0 Å². The molecular formula is C11H11N5O2S2. The molecule has 3 heterocycles. The Bertz CT molecular complexity index is 853. The molecule has 0 aliphatic carbocycles. The zero-order valence-electron chi connectivity index (χ0n) is 10.5.